The molecule has 0 bridgehead atoms. The van der Waals surface area contributed by atoms with Gasteiger partial charge in [-0.2, -0.15) is 0 Å². The van der Waals surface area contributed by atoms with Gasteiger partial charge in [0.05, 0.1) is 18.3 Å². The molecule has 188 valence electrons. The van der Waals surface area contributed by atoms with Crippen molar-refractivity contribution in [3.05, 3.63) is 30.0 Å². The molecule has 0 radical (unpaired) electrons. The largest absolute Gasteiger partial charge is 0.497 e. The zero-order chi connectivity index (χ0) is 25.3. The van der Waals surface area contributed by atoms with Crippen LogP contribution in [0.25, 0.3) is 10.9 Å². The number of nitrogens with two attached hydrogens (primary N) is 1. The number of rotatable bonds is 12. The number of aromatic nitrogens is 1. The Morgan fingerprint density at radius 3 is 2.35 bits per heavy atom. The van der Waals surface area contributed by atoms with Crippen LogP contribution in [0.2, 0.25) is 0 Å². The first-order valence-corrected chi connectivity index (χ1v) is 11.8. The Kier molecular flexibility index (Phi) is 9.92. The van der Waals surface area contributed by atoms with Crippen molar-refractivity contribution in [2.24, 2.45) is 5.73 Å². The van der Waals surface area contributed by atoms with Crippen LogP contribution in [-0.2, 0) is 10.2 Å². The van der Waals surface area contributed by atoms with Crippen LogP contribution in [0.4, 0.5) is 10.5 Å². The van der Waals surface area contributed by atoms with Crippen LogP contribution in [-0.4, -0.2) is 54.4 Å². The van der Waals surface area contributed by atoms with Crippen molar-refractivity contribution in [3.8, 4) is 5.75 Å². The number of benzene rings is 1. The monoisotopic (exact) mass is 473 g/mol. The predicted molar refractivity (Wildman–Crippen MR) is 136 cm³/mol. The van der Waals surface area contributed by atoms with Crippen LogP contribution in [0.1, 0.15) is 59.1 Å². The first kappa shape index (κ1) is 27.2. The molecule has 0 fully saturated rings. The lowest BCUT2D eigenvalue weighted by Crippen LogP contribution is -2.37. The van der Waals surface area contributed by atoms with E-state index in [-0.39, 0.29) is 17.5 Å². The Morgan fingerprint density at radius 1 is 1.12 bits per heavy atom. The third kappa shape index (κ3) is 8.37. The lowest BCUT2D eigenvalue weighted by molar-refractivity contribution is -0.138. The van der Waals surface area contributed by atoms with Gasteiger partial charge in [0.15, 0.2) is 0 Å². The molecule has 0 aliphatic heterocycles. The summed E-state index contributed by atoms with van der Waals surface area (Å²) in [5.74, 6) is -0.255. The third-order valence-electron chi connectivity index (χ3n) is 5.57. The predicted octanol–water partition coefficient (Wildman–Crippen LogP) is 3.61. The van der Waals surface area contributed by atoms with Gasteiger partial charge in [-0.25, -0.2) is 4.79 Å². The molecule has 2 amide bonds. The molecular weight excluding hydrogens is 434 g/mol. The summed E-state index contributed by atoms with van der Waals surface area (Å²) in [4.78, 5) is 27.5. The summed E-state index contributed by atoms with van der Waals surface area (Å²) in [6.07, 6.45) is 2.49. The highest BCUT2D eigenvalue weighted by Crippen LogP contribution is 2.31. The van der Waals surface area contributed by atoms with Crippen LogP contribution in [0.15, 0.2) is 24.3 Å². The second kappa shape index (κ2) is 12.4. The minimum atomic E-state index is -1.03. The minimum absolute atomic E-state index is 0.0501. The average molecular weight is 474 g/mol. The van der Waals surface area contributed by atoms with Crippen molar-refractivity contribution in [2.75, 3.05) is 25.5 Å². The smallest absolute Gasteiger partial charge is 0.320 e. The summed E-state index contributed by atoms with van der Waals surface area (Å²) >= 11 is 0. The van der Waals surface area contributed by atoms with Gasteiger partial charge in [0, 0.05) is 41.7 Å². The minimum Gasteiger partial charge on any atom is -0.497 e. The number of hydrogen-bond acceptors (Lipinski definition) is 6. The number of fused-ring (bicyclic) bond motifs is 1. The molecule has 1 unspecified atom stereocenters. The lowest BCUT2D eigenvalue weighted by Gasteiger charge is -2.21. The quantitative estimate of drug-likeness (QED) is 0.297. The van der Waals surface area contributed by atoms with Crippen LogP contribution < -0.4 is 26.4 Å². The molecule has 34 heavy (non-hydrogen) atoms. The fourth-order valence-corrected chi connectivity index (χ4v) is 3.51. The van der Waals surface area contributed by atoms with Crippen LogP contribution in [0.5, 0.6) is 5.75 Å². The maximum Gasteiger partial charge on any atom is 0.320 e. The molecule has 9 nitrogen and oxygen atoms in total. The van der Waals surface area contributed by atoms with E-state index in [1.807, 2.05) is 12.1 Å². The SMILES string of the molecule is COc1cc(NC(C)CCCNC(=O)NCCC[C@@H](N)C(=O)O)c2nc(C(C)(C)C)ccc2c1. The number of anilines is 1. The average Bonchev–Trinajstić information content (AvgIpc) is 2.78. The second-order valence-corrected chi connectivity index (χ2v) is 9.65. The summed E-state index contributed by atoms with van der Waals surface area (Å²) < 4.78 is 5.47. The van der Waals surface area contributed by atoms with Crippen molar-refractivity contribution in [1.82, 2.24) is 15.6 Å². The van der Waals surface area contributed by atoms with Crippen molar-refractivity contribution in [1.29, 1.82) is 0 Å². The normalized spacial score (nSPS) is 13.2. The Balaban J connectivity index is 1.85. The van der Waals surface area contributed by atoms with Crippen molar-refractivity contribution in [2.45, 2.75) is 70.9 Å². The number of pyridine rings is 1. The molecule has 1 aromatic heterocycles. The lowest BCUT2D eigenvalue weighted by atomic mass is 9.91. The number of carboxylic acid groups (broad SMARTS) is 1. The first-order chi connectivity index (χ1) is 16.0. The van der Waals surface area contributed by atoms with E-state index >= 15 is 0 Å². The number of nitrogens with zero attached hydrogens (tertiary/aromatic N) is 1. The standard InChI is InChI=1S/C25H39N5O4/c1-16(8-6-12-27-24(33)28-13-7-9-19(26)23(31)32)29-20-15-18(34-5)14-17-10-11-21(25(2,3)4)30-22(17)20/h10-11,14-16,19,29H,6-9,12-13,26H2,1-5H3,(H,31,32)(H2,27,28,33)/t16?,19-/m1/s1. The zero-order valence-electron chi connectivity index (χ0n) is 20.9. The van der Waals surface area contributed by atoms with Crippen molar-refractivity contribution >= 4 is 28.6 Å². The van der Waals surface area contributed by atoms with E-state index in [0.717, 1.165) is 40.9 Å². The van der Waals surface area contributed by atoms with Crippen LogP contribution in [0, 0.1) is 0 Å². The molecule has 6 N–H and O–H groups in total. The molecule has 2 atom stereocenters. The summed E-state index contributed by atoms with van der Waals surface area (Å²) in [5, 5.41) is 18.9. The van der Waals surface area contributed by atoms with E-state index in [2.05, 4.69) is 55.8 Å². The molecule has 0 aliphatic rings. The molecular formula is C25H39N5O4. The van der Waals surface area contributed by atoms with Crippen LogP contribution >= 0.6 is 0 Å². The maximum atomic E-state index is 11.9. The number of hydrogen-bond donors (Lipinski definition) is 5. The summed E-state index contributed by atoms with van der Waals surface area (Å²) in [5.41, 5.74) is 8.27. The number of carbonyl (C=O) groups excluding carboxylic acids is 1. The molecule has 9 heteroatoms. The van der Waals surface area contributed by atoms with Gasteiger partial charge in [0.2, 0.25) is 0 Å². The number of carboxylic acids is 1. The Bertz CT molecular complexity index is 974. The van der Waals surface area contributed by atoms with Gasteiger partial charge < -0.3 is 31.5 Å². The first-order valence-electron chi connectivity index (χ1n) is 11.8. The molecule has 2 aromatic rings. The number of carbonyl (C=O) groups is 2. The molecule has 0 spiro atoms. The molecule has 0 saturated heterocycles. The van der Waals surface area contributed by atoms with Crippen LogP contribution in [0.3, 0.4) is 0 Å². The fraction of sp³-hybridized carbons (Fsp3) is 0.560. The summed E-state index contributed by atoms with van der Waals surface area (Å²) in [6.45, 7) is 9.47. The van der Waals surface area contributed by atoms with Gasteiger partial charge in [-0.1, -0.05) is 26.8 Å². The maximum absolute atomic E-state index is 11.9. The van der Waals surface area contributed by atoms with E-state index < -0.39 is 12.0 Å². The van der Waals surface area contributed by atoms with E-state index in [9.17, 15) is 9.59 Å². The van der Waals surface area contributed by atoms with E-state index in [1.54, 1.807) is 7.11 Å². The topological polar surface area (TPSA) is 139 Å². The van der Waals surface area contributed by atoms with E-state index in [4.69, 9.17) is 20.6 Å². The number of urea groups is 1. The molecule has 2 rings (SSSR count). The number of amides is 2. The van der Waals surface area contributed by atoms with Crippen molar-refractivity contribution in [3.63, 3.8) is 0 Å². The highest BCUT2D eigenvalue weighted by atomic mass is 16.5. The van der Waals surface area contributed by atoms with Gasteiger partial charge in [-0.05, 0) is 44.7 Å². The zero-order valence-corrected chi connectivity index (χ0v) is 20.9. The van der Waals surface area contributed by atoms with Gasteiger partial charge in [-0.15, -0.1) is 0 Å². The molecule has 1 heterocycles. The van der Waals surface area contributed by atoms with Gasteiger partial charge in [0.25, 0.3) is 0 Å². The molecule has 0 aliphatic carbocycles. The Hall–Kier alpha value is -3.07. The number of aliphatic carboxylic acids is 1. The second-order valence-electron chi connectivity index (χ2n) is 9.65. The number of nitrogens with one attached hydrogen (secondary N) is 3. The fourth-order valence-electron chi connectivity index (χ4n) is 3.51. The Labute approximate surface area is 201 Å². The molecule has 1 aromatic carbocycles. The Morgan fingerprint density at radius 2 is 1.76 bits per heavy atom. The third-order valence-corrected chi connectivity index (χ3v) is 5.57. The van der Waals surface area contributed by atoms with E-state index in [1.165, 1.54) is 0 Å². The number of ether oxygens (including phenoxy) is 1. The highest BCUT2D eigenvalue weighted by Gasteiger charge is 2.18. The van der Waals surface area contributed by atoms with Crippen molar-refractivity contribution < 1.29 is 19.4 Å². The highest BCUT2D eigenvalue weighted by molar-refractivity contribution is 5.92. The summed E-state index contributed by atoms with van der Waals surface area (Å²) in [7, 11) is 1.66. The molecule has 0 saturated carbocycles. The van der Waals surface area contributed by atoms with E-state index in [0.29, 0.717) is 25.9 Å². The van der Waals surface area contributed by atoms with Gasteiger partial charge >= 0.3 is 12.0 Å². The number of methoxy groups -OCH3 is 1. The summed E-state index contributed by atoms with van der Waals surface area (Å²) in [6, 6.07) is 7.12. The van der Waals surface area contributed by atoms with Gasteiger partial charge in [0.1, 0.15) is 11.8 Å². The van der Waals surface area contributed by atoms with Gasteiger partial charge in [-0.3, -0.25) is 9.78 Å².